The molecule has 1 fully saturated rings. The van der Waals surface area contributed by atoms with Gasteiger partial charge in [0.05, 0.1) is 0 Å². The highest BCUT2D eigenvalue weighted by Crippen LogP contribution is 2.15. The van der Waals surface area contributed by atoms with E-state index in [1.54, 1.807) is 11.9 Å². The summed E-state index contributed by atoms with van der Waals surface area (Å²) in [6.07, 6.45) is 0.484. The largest absolute Gasteiger partial charge is 0.479 e. The maximum absolute atomic E-state index is 11.7. The van der Waals surface area contributed by atoms with Crippen LogP contribution in [0, 0.1) is 5.92 Å². The summed E-state index contributed by atoms with van der Waals surface area (Å²) in [7, 11) is 1.71. The Bertz CT molecular complexity index is 304. The summed E-state index contributed by atoms with van der Waals surface area (Å²) in [6, 6.07) is -0.246. The highest BCUT2D eigenvalue weighted by atomic mass is 16.5. The summed E-state index contributed by atoms with van der Waals surface area (Å²) < 4.78 is 5.25. The lowest BCUT2D eigenvalue weighted by Gasteiger charge is -2.27. The first-order valence-corrected chi connectivity index (χ1v) is 6.48. The molecule has 110 valence electrons. The van der Waals surface area contributed by atoms with E-state index in [1.165, 1.54) is 0 Å². The second-order valence-electron chi connectivity index (χ2n) is 4.81. The van der Waals surface area contributed by atoms with Gasteiger partial charge in [-0.25, -0.2) is 9.59 Å². The van der Waals surface area contributed by atoms with Gasteiger partial charge in [-0.3, -0.25) is 0 Å². The number of carbonyl (C=O) groups is 2. The van der Waals surface area contributed by atoms with Crippen molar-refractivity contribution in [2.75, 3.05) is 33.4 Å². The van der Waals surface area contributed by atoms with Gasteiger partial charge in [-0.1, -0.05) is 0 Å². The van der Waals surface area contributed by atoms with E-state index in [-0.39, 0.29) is 19.0 Å². The zero-order valence-electron chi connectivity index (χ0n) is 11.2. The van der Waals surface area contributed by atoms with Crippen LogP contribution in [-0.4, -0.2) is 66.6 Å². The number of carbonyl (C=O) groups excluding carboxylic acids is 1. The molecule has 7 nitrogen and oxygen atoms in total. The van der Waals surface area contributed by atoms with Crippen LogP contribution in [0.3, 0.4) is 0 Å². The minimum Gasteiger partial charge on any atom is -0.479 e. The highest BCUT2D eigenvalue weighted by molar-refractivity contribution is 5.74. The van der Waals surface area contributed by atoms with E-state index < -0.39 is 12.1 Å². The maximum Gasteiger partial charge on any atom is 0.332 e. The van der Waals surface area contributed by atoms with E-state index in [2.05, 4.69) is 5.32 Å². The molecule has 0 saturated carbocycles. The molecule has 0 aliphatic carbocycles. The zero-order chi connectivity index (χ0) is 14.3. The molecule has 1 aliphatic heterocycles. The van der Waals surface area contributed by atoms with Gasteiger partial charge in [0.15, 0.2) is 6.10 Å². The van der Waals surface area contributed by atoms with E-state index in [0.717, 1.165) is 26.1 Å². The van der Waals surface area contributed by atoms with Crippen LogP contribution in [0.2, 0.25) is 0 Å². The molecule has 1 aliphatic rings. The molecule has 7 heteroatoms. The summed E-state index contributed by atoms with van der Waals surface area (Å²) in [5.41, 5.74) is 0. The summed E-state index contributed by atoms with van der Waals surface area (Å²) in [4.78, 5) is 23.7. The lowest BCUT2D eigenvalue weighted by Crippen LogP contribution is -2.42. The van der Waals surface area contributed by atoms with Crippen LogP contribution in [0.5, 0.6) is 0 Å². The third kappa shape index (κ3) is 5.89. The molecule has 2 amide bonds. The SMILES string of the molecule is CN(CC1CCOCC1)C(=O)NCC[C@H](O)C(=O)O. The lowest BCUT2D eigenvalue weighted by atomic mass is 10.00. The van der Waals surface area contributed by atoms with Crippen LogP contribution >= 0.6 is 0 Å². The second-order valence-corrected chi connectivity index (χ2v) is 4.81. The van der Waals surface area contributed by atoms with E-state index in [4.69, 9.17) is 14.9 Å². The first kappa shape index (κ1) is 15.7. The van der Waals surface area contributed by atoms with Gasteiger partial charge >= 0.3 is 12.0 Å². The molecule has 0 aromatic carbocycles. The molecule has 0 aromatic rings. The minimum atomic E-state index is -1.43. The molecule has 19 heavy (non-hydrogen) atoms. The smallest absolute Gasteiger partial charge is 0.332 e. The third-order valence-electron chi connectivity index (χ3n) is 3.20. The first-order chi connectivity index (χ1) is 9.00. The predicted octanol–water partition coefficient (Wildman–Crippen LogP) is -0.110. The van der Waals surface area contributed by atoms with Crippen molar-refractivity contribution in [3.05, 3.63) is 0 Å². The van der Waals surface area contributed by atoms with Crippen molar-refractivity contribution in [3.8, 4) is 0 Å². The Labute approximate surface area is 112 Å². The molecule has 1 rings (SSSR count). The number of aliphatic hydroxyl groups excluding tert-OH is 1. The minimum absolute atomic E-state index is 0.00613. The average Bonchev–Trinajstić information content (AvgIpc) is 2.39. The number of carboxylic acids is 1. The van der Waals surface area contributed by atoms with Gasteiger partial charge in [-0.05, 0) is 18.8 Å². The fourth-order valence-corrected chi connectivity index (χ4v) is 1.97. The molecular weight excluding hydrogens is 252 g/mol. The van der Waals surface area contributed by atoms with Crippen LogP contribution in [0.4, 0.5) is 4.79 Å². The molecule has 0 spiro atoms. The van der Waals surface area contributed by atoms with Gasteiger partial charge in [0.2, 0.25) is 0 Å². The number of rotatable bonds is 6. The number of amides is 2. The lowest BCUT2D eigenvalue weighted by molar-refractivity contribution is -0.146. The first-order valence-electron chi connectivity index (χ1n) is 6.48. The number of aliphatic hydroxyl groups is 1. The van der Waals surface area contributed by atoms with E-state index >= 15 is 0 Å². The Hall–Kier alpha value is -1.34. The van der Waals surface area contributed by atoms with E-state index in [0.29, 0.717) is 12.5 Å². The van der Waals surface area contributed by atoms with Crippen LogP contribution in [0.1, 0.15) is 19.3 Å². The Morgan fingerprint density at radius 1 is 1.42 bits per heavy atom. The average molecular weight is 274 g/mol. The highest BCUT2D eigenvalue weighted by Gasteiger charge is 2.19. The summed E-state index contributed by atoms with van der Waals surface area (Å²) in [5.74, 6) is -0.820. The Kier molecular flexibility index (Phi) is 6.58. The summed E-state index contributed by atoms with van der Waals surface area (Å²) in [5, 5.41) is 20.1. The maximum atomic E-state index is 11.7. The van der Waals surface area contributed by atoms with Crippen molar-refractivity contribution in [3.63, 3.8) is 0 Å². The van der Waals surface area contributed by atoms with Gasteiger partial charge in [-0.2, -0.15) is 0 Å². The normalized spacial score (nSPS) is 17.8. The molecule has 0 aromatic heterocycles. The quantitative estimate of drug-likeness (QED) is 0.627. The molecule has 0 radical (unpaired) electrons. The van der Waals surface area contributed by atoms with Crippen molar-refractivity contribution in [1.29, 1.82) is 0 Å². The Balaban J connectivity index is 2.19. The van der Waals surface area contributed by atoms with Gasteiger partial charge in [-0.15, -0.1) is 0 Å². The number of ether oxygens (including phenoxy) is 1. The zero-order valence-corrected chi connectivity index (χ0v) is 11.2. The van der Waals surface area contributed by atoms with Crippen LogP contribution in [-0.2, 0) is 9.53 Å². The Morgan fingerprint density at radius 2 is 2.05 bits per heavy atom. The number of nitrogens with zero attached hydrogens (tertiary/aromatic N) is 1. The van der Waals surface area contributed by atoms with Crippen molar-refractivity contribution >= 4 is 12.0 Å². The van der Waals surface area contributed by atoms with Crippen molar-refractivity contribution in [2.24, 2.45) is 5.92 Å². The van der Waals surface area contributed by atoms with Crippen LogP contribution in [0.25, 0.3) is 0 Å². The van der Waals surface area contributed by atoms with E-state index in [1.807, 2.05) is 0 Å². The van der Waals surface area contributed by atoms with Crippen LogP contribution < -0.4 is 5.32 Å². The predicted molar refractivity (Wildman–Crippen MR) is 67.8 cm³/mol. The molecule has 1 heterocycles. The number of aliphatic carboxylic acids is 1. The van der Waals surface area contributed by atoms with Crippen molar-refractivity contribution in [2.45, 2.75) is 25.4 Å². The number of hydrogen-bond acceptors (Lipinski definition) is 4. The molecule has 3 N–H and O–H groups in total. The number of nitrogens with one attached hydrogen (secondary N) is 1. The number of carboxylic acid groups (broad SMARTS) is 1. The fourth-order valence-electron chi connectivity index (χ4n) is 1.97. The molecule has 0 unspecified atom stereocenters. The van der Waals surface area contributed by atoms with Gasteiger partial charge < -0.3 is 25.2 Å². The van der Waals surface area contributed by atoms with Crippen molar-refractivity contribution in [1.82, 2.24) is 10.2 Å². The topological polar surface area (TPSA) is 99.1 Å². The standard InChI is InChI=1S/C12H22N2O5/c1-14(8-9-3-6-19-7-4-9)12(18)13-5-2-10(15)11(16)17/h9-10,15H,2-8H2,1H3,(H,13,18)(H,16,17)/t10-/m0/s1. The Morgan fingerprint density at radius 3 is 2.63 bits per heavy atom. The van der Waals surface area contributed by atoms with Gasteiger partial charge in [0.1, 0.15) is 0 Å². The molecule has 0 bridgehead atoms. The fraction of sp³-hybridized carbons (Fsp3) is 0.833. The molecule has 1 atom stereocenters. The van der Waals surface area contributed by atoms with Gasteiger partial charge in [0.25, 0.3) is 0 Å². The number of hydrogen-bond donors (Lipinski definition) is 3. The monoisotopic (exact) mass is 274 g/mol. The summed E-state index contributed by atoms with van der Waals surface area (Å²) >= 11 is 0. The molecular formula is C12H22N2O5. The number of urea groups is 1. The molecule has 1 saturated heterocycles. The van der Waals surface area contributed by atoms with Gasteiger partial charge in [0, 0.05) is 39.8 Å². The summed E-state index contributed by atoms with van der Waals surface area (Å²) in [6.45, 7) is 2.29. The van der Waals surface area contributed by atoms with E-state index in [9.17, 15) is 9.59 Å². The van der Waals surface area contributed by atoms with Crippen LogP contribution in [0.15, 0.2) is 0 Å². The second kappa shape index (κ2) is 7.96. The van der Waals surface area contributed by atoms with Crippen molar-refractivity contribution < 1.29 is 24.5 Å². The third-order valence-corrected chi connectivity index (χ3v) is 3.20.